The number of aliphatic hydroxyl groups excluding tert-OH is 1. The molecule has 0 spiro atoms. The van der Waals surface area contributed by atoms with Crippen LogP contribution in [0.25, 0.3) is 0 Å². The third kappa shape index (κ3) is 1.03. The molecule has 0 radical (unpaired) electrons. The van der Waals surface area contributed by atoms with Crippen molar-refractivity contribution in [2.45, 2.75) is 6.92 Å². The molecule has 2 atom stereocenters. The van der Waals surface area contributed by atoms with Gasteiger partial charge in [0.05, 0.1) is 0 Å². The molecule has 58 valence electrons. The molecule has 0 aliphatic carbocycles. The minimum absolute atomic E-state index is 0.449. The third-order valence-electron chi connectivity index (χ3n) is 2.45. The van der Waals surface area contributed by atoms with Crippen LogP contribution in [0.15, 0.2) is 12.3 Å². The van der Waals surface area contributed by atoms with E-state index in [1.54, 1.807) is 0 Å². The lowest BCUT2D eigenvalue weighted by Gasteiger charge is -2.11. The van der Waals surface area contributed by atoms with Gasteiger partial charge >= 0.3 is 0 Å². The van der Waals surface area contributed by atoms with Gasteiger partial charge < -0.3 is 10.0 Å². The average molecular weight is 142 g/mol. The summed E-state index contributed by atoms with van der Waals surface area (Å²) in [6, 6.07) is 0. The number of rotatable bonds is 2. The zero-order chi connectivity index (χ0) is 8.43. The van der Waals surface area contributed by atoms with Crippen LogP contribution in [0.2, 0.25) is 0 Å². The molecule has 1 fully saturated rings. The second kappa shape index (κ2) is 2.62. The van der Waals surface area contributed by atoms with Crippen LogP contribution >= 0.6 is 0 Å². The fraction of sp³-hybridized carbons (Fsp3) is 0.750. The number of likely N-dealkylation sites (tertiary alicyclic amines) is 1. The Balaban J connectivity index is 2.52. The molecular formula is C8H15NO. The van der Waals surface area contributed by atoms with Gasteiger partial charge in [-0.1, -0.05) is 13.5 Å². The molecule has 0 aromatic rings. The maximum atomic E-state index is 6.64. The predicted molar refractivity (Wildman–Crippen MR) is 41.5 cm³/mol. The highest BCUT2D eigenvalue weighted by Crippen LogP contribution is 2.29. The van der Waals surface area contributed by atoms with Gasteiger partial charge in [-0.15, -0.1) is 0 Å². The summed E-state index contributed by atoms with van der Waals surface area (Å²) in [6.07, 6.45) is 0. The summed E-state index contributed by atoms with van der Waals surface area (Å²) in [6.45, 7) is 7.58. The molecule has 0 unspecified atom stereocenters. The molecule has 0 aromatic carbocycles. The van der Waals surface area contributed by atoms with Crippen molar-refractivity contribution in [1.82, 2.24) is 4.90 Å². The summed E-state index contributed by atoms with van der Waals surface area (Å²) in [7, 11) is 2.03. The Hall–Kier alpha value is -0.500. The van der Waals surface area contributed by atoms with E-state index in [0.29, 0.717) is 18.4 Å². The van der Waals surface area contributed by atoms with Crippen molar-refractivity contribution in [3.05, 3.63) is 12.3 Å². The fourth-order valence-electron chi connectivity index (χ4n) is 1.44. The molecule has 0 bridgehead atoms. The molecule has 1 saturated heterocycles. The van der Waals surface area contributed by atoms with Crippen LogP contribution in [-0.4, -0.2) is 31.6 Å². The highest BCUT2D eigenvalue weighted by atomic mass is 16.3. The predicted octanol–water partition coefficient (Wildman–Crippen LogP) is 0.690. The van der Waals surface area contributed by atoms with Crippen LogP contribution in [0.1, 0.15) is 6.92 Å². The molecule has 0 amide bonds. The Bertz CT molecular complexity index is 160. The lowest BCUT2D eigenvalue weighted by atomic mass is 9.97. The topological polar surface area (TPSA) is 23.5 Å². The monoisotopic (exact) mass is 142 g/mol. The largest absolute Gasteiger partial charge is 0.396 e. The van der Waals surface area contributed by atoms with E-state index in [1.165, 1.54) is 0 Å². The van der Waals surface area contributed by atoms with E-state index in [1.807, 2.05) is 7.05 Å². The van der Waals surface area contributed by atoms with Gasteiger partial charge in [0, 0.05) is 37.7 Å². The summed E-state index contributed by atoms with van der Waals surface area (Å²) in [5.41, 5.74) is 1.16. The smallest absolute Gasteiger partial charge is 0.210 e. The minimum atomic E-state index is 0.449. The molecule has 0 aromatic heterocycles. The van der Waals surface area contributed by atoms with E-state index in [0.717, 1.165) is 12.2 Å². The quantitative estimate of drug-likeness (QED) is 0.613. The first-order valence-corrected chi connectivity index (χ1v) is 3.65. The summed E-state index contributed by atoms with van der Waals surface area (Å²) in [5.74, 6) is 0.912. The maximum absolute atomic E-state index is 6.64. The normalized spacial score (nSPS) is 34.8. The molecule has 2 nitrogen and oxygen atoms in total. The van der Waals surface area contributed by atoms with Gasteiger partial charge in [0.2, 0.25) is 1.43 Å². The highest BCUT2D eigenvalue weighted by molar-refractivity contribution is 5.06. The highest BCUT2D eigenvalue weighted by Gasteiger charge is 2.29. The zero-order valence-electron chi connectivity index (χ0n) is 7.63. The molecule has 1 heterocycles. The van der Waals surface area contributed by atoms with E-state index in [-0.39, 0.29) is 0 Å². The molecule has 1 aliphatic rings. The van der Waals surface area contributed by atoms with Crippen LogP contribution in [0.5, 0.6) is 0 Å². The van der Waals surface area contributed by atoms with Gasteiger partial charge in [-0.05, 0) is 0 Å². The number of nitrogens with zero attached hydrogens (tertiary/aromatic N) is 1. The maximum Gasteiger partial charge on any atom is 0.210 e. The van der Waals surface area contributed by atoms with E-state index in [9.17, 15) is 0 Å². The SMILES string of the molecule is [2H]OC[C@H]1CN(C)C(=C)[C@@H]1C. The van der Waals surface area contributed by atoms with E-state index < -0.39 is 0 Å². The minimum Gasteiger partial charge on any atom is -0.396 e. The van der Waals surface area contributed by atoms with Gasteiger partial charge in [-0.25, -0.2) is 0 Å². The summed E-state index contributed by atoms with van der Waals surface area (Å²) in [5, 5.41) is 4.38. The van der Waals surface area contributed by atoms with Crippen LogP contribution in [0.3, 0.4) is 0 Å². The number of hydrogen-bond acceptors (Lipinski definition) is 2. The Morgan fingerprint density at radius 3 is 3.10 bits per heavy atom. The average Bonchev–Trinajstić information content (AvgIpc) is 2.19. The lowest BCUT2D eigenvalue weighted by molar-refractivity contribution is 0.208. The number of hydrogen-bond donors (Lipinski definition) is 1. The first-order chi connectivity index (χ1) is 5.16. The molecule has 1 N–H and O–H groups in total. The molecule has 2 heteroatoms. The van der Waals surface area contributed by atoms with Crippen molar-refractivity contribution in [1.29, 1.82) is 1.43 Å². The van der Waals surface area contributed by atoms with Crippen molar-refractivity contribution in [2.24, 2.45) is 11.8 Å². The van der Waals surface area contributed by atoms with Crippen molar-refractivity contribution in [3.63, 3.8) is 0 Å². The van der Waals surface area contributed by atoms with Gasteiger partial charge in [-0.2, -0.15) is 0 Å². The second-order valence-corrected chi connectivity index (χ2v) is 3.09. The lowest BCUT2D eigenvalue weighted by Crippen LogP contribution is -2.15. The Morgan fingerprint density at radius 1 is 2.00 bits per heavy atom. The molecule has 10 heavy (non-hydrogen) atoms. The summed E-state index contributed by atoms with van der Waals surface area (Å²) >= 11 is 0. The molecule has 1 rings (SSSR count). The second-order valence-electron chi connectivity index (χ2n) is 3.09. The Kier molecular flexibility index (Phi) is 1.63. The summed E-state index contributed by atoms with van der Waals surface area (Å²) in [4.78, 5) is 2.13. The van der Waals surface area contributed by atoms with Crippen LogP contribution in [0.4, 0.5) is 0 Å². The van der Waals surface area contributed by atoms with Crippen molar-refractivity contribution in [3.8, 4) is 0 Å². The van der Waals surface area contributed by atoms with Crippen molar-refractivity contribution < 1.29 is 5.11 Å². The van der Waals surface area contributed by atoms with Crippen LogP contribution < -0.4 is 0 Å². The molecule has 0 saturated carbocycles. The van der Waals surface area contributed by atoms with E-state index in [4.69, 9.17) is 1.43 Å². The van der Waals surface area contributed by atoms with Gasteiger partial charge in [0.25, 0.3) is 0 Å². The molecular weight excluding hydrogens is 126 g/mol. The fourth-order valence-corrected chi connectivity index (χ4v) is 1.44. The third-order valence-corrected chi connectivity index (χ3v) is 2.45. The zero-order valence-corrected chi connectivity index (χ0v) is 6.63. The van der Waals surface area contributed by atoms with E-state index in [2.05, 4.69) is 23.5 Å². The van der Waals surface area contributed by atoms with Gasteiger partial charge in [0.15, 0.2) is 0 Å². The number of aliphatic hydroxyl groups is 1. The van der Waals surface area contributed by atoms with Crippen molar-refractivity contribution in [2.75, 3.05) is 20.2 Å². The molecule has 1 aliphatic heterocycles. The van der Waals surface area contributed by atoms with E-state index >= 15 is 0 Å². The van der Waals surface area contributed by atoms with Crippen LogP contribution in [0, 0.1) is 11.8 Å². The van der Waals surface area contributed by atoms with Gasteiger partial charge in [0.1, 0.15) is 0 Å². The Morgan fingerprint density at radius 2 is 2.70 bits per heavy atom. The Labute approximate surface area is 63.6 Å². The number of allylic oxidation sites excluding steroid dienone is 1. The standard InChI is InChI=1S/C8H15NO/c1-6-7(2)9(3)4-8(6)5-10/h6,8,10H,2,4-5H2,1,3H3/t6-,8+/m0/s1/i10D. The summed E-state index contributed by atoms with van der Waals surface area (Å²) < 4.78 is 6.64. The van der Waals surface area contributed by atoms with Crippen molar-refractivity contribution >= 4 is 0 Å². The first-order valence-electron chi connectivity index (χ1n) is 4.05. The first kappa shape index (κ1) is 6.23. The van der Waals surface area contributed by atoms with Gasteiger partial charge in [-0.3, -0.25) is 0 Å². The van der Waals surface area contributed by atoms with Crippen LogP contribution in [-0.2, 0) is 0 Å².